The molecule has 106 valence electrons. The lowest BCUT2D eigenvalue weighted by molar-refractivity contribution is -0.135. The van der Waals surface area contributed by atoms with Crippen molar-refractivity contribution < 1.29 is 14.7 Å². The Balaban J connectivity index is 3.15. The van der Waals surface area contributed by atoms with Crippen molar-refractivity contribution in [3.8, 4) is 0 Å². The van der Waals surface area contributed by atoms with Crippen LogP contribution in [0.5, 0.6) is 0 Å². The van der Waals surface area contributed by atoms with Gasteiger partial charge in [-0.3, -0.25) is 4.79 Å². The Kier molecular flexibility index (Phi) is 11.3. The number of carbonyl (C=O) groups excluding carboxylic acids is 1. The summed E-state index contributed by atoms with van der Waals surface area (Å²) in [7, 11) is 0. The Hall–Kier alpha value is -1.26. The van der Waals surface area contributed by atoms with Crippen LogP contribution in [-0.4, -0.2) is 30.2 Å². The molecule has 0 spiro atoms. The largest absolute Gasteiger partial charge is 0.480 e. The quantitative estimate of drug-likeness (QED) is 0.498. The van der Waals surface area contributed by atoms with E-state index in [0.717, 1.165) is 12.8 Å². The van der Waals surface area contributed by atoms with Gasteiger partial charge >= 0.3 is 12.0 Å². The first-order chi connectivity index (χ1) is 8.66. The van der Waals surface area contributed by atoms with E-state index in [1.165, 1.54) is 38.5 Å². The van der Waals surface area contributed by atoms with Crippen LogP contribution in [0, 0.1) is 0 Å². The minimum Gasteiger partial charge on any atom is -0.480 e. The van der Waals surface area contributed by atoms with Crippen LogP contribution < -0.4 is 10.6 Å². The van der Waals surface area contributed by atoms with Gasteiger partial charge in [-0.25, -0.2) is 4.79 Å². The zero-order valence-corrected chi connectivity index (χ0v) is 11.3. The molecule has 0 heterocycles. The van der Waals surface area contributed by atoms with Gasteiger partial charge in [0.05, 0.1) is 0 Å². The predicted octanol–water partition coefficient (Wildman–Crippen LogP) is 2.51. The van der Waals surface area contributed by atoms with Crippen LogP contribution in [0.2, 0.25) is 0 Å². The van der Waals surface area contributed by atoms with E-state index in [1.54, 1.807) is 0 Å². The monoisotopic (exact) mass is 258 g/mol. The molecule has 3 N–H and O–H groups in total. The van der Waals surface area contributed by atoms with Gasteiger partial charge in [0.2, 0.25) is 0 Å². The smallest absolute Gasteiger partial charge is 0.323 e. The van der Waals surface area contributed by atoms with Crippen molar-refractivity contribution in [2.24, 2.45) is 0 Å². The van der Waals surface area contributed by atoms with Crippen molar-refractivity contribution in [2.75, 3.05) is 13.1 Å². The third kappa shape index (κ3) is 12.8. The molecule has 0 aliphatic carbocycles. The highest BCUT2D eigenvalue weighted by Gasteiger charge is 2.01. The molecule has 18 heavy (non-hydrogen) atoms. The van der Waals surface area contributed by atoms with Gasteiger partial charge in [-0.1, -0.05) is 51.9 Å². The van der Waals surface area contributed by atoms with Gasteiger partial charge in [0.1, 0.15) is 6.54 Å². The number of unbranched alkanes of at least 4 members (excludes halogenated alkanes) is 7. The fourth-order valence-corrected chi connectivity index (χ4v) is 1.68. The van der Waals surface area contributed by atoms with Gasteiger partial charge in [-0.15, -0.1) is 0 Å². The van der Waals surface area contributed by atoms with E-state index >= 15 is 0 Å². The second-order valence-electron chi connectivity index (χ2n) is 4.48. The zero-order chi connectivity index (χ0) is 13.6. The van der Waals surface area contributed by atoms with Crippen LogP contribution in [0.1, 0.15) is 58.3 Å². The molecule has 0 aliphatic rings. The Labute approximate surface area is 109 Å². The van der Waals surface area contributed by atoms with E-state index < -0.39 is 12.0 Å². The van der Waals surface area contributed by atoms with Crippen LogP contribution in [-0.2, 0) is 4.79 Å². The molecular formula is C13H26N2O3. The molecule has 0 saturated carbocycles. The molecule has 0 aliphatic heterocycles. The Morgan fingerprint density at radius 1 is 0.889 bits per heavy atom. The van der Waals surface area contributed by atoms with Gasteiger partial charge in [-0.2, -0.15) is 0 Å². The molecule has 0 saturated heterocycles. The summed E-state index contributed by atoms with van der Waals surface area (Å²) in [5.41, 5.74) is 0. The number of rotatable bonds is 11. The van der Waals surface area contributed by atoms with Gasteiger partial charge in [-0.05, 0) is 6.42 Å². The van der Waals surface area contributed by atoms with Gasteiger partial charge in [0.25, 0.3) is 0 Å². The molecule has 0 radical (unpaired) electrons. The van der Waals surface area contributed by atoms with Crippen molar-refractivity contribution in [2.45, 2.75) is 58.3 Å². The molecule has 0 aromatic carbocycles. The summed E-state index contributed by atoms with van der Waals surface area (Å²) < 4.78 is 0. The molecule has 0 atom stereocenters. The van der Waals surface area contributed by atoms with Crippen LogP contribution in [0.15, 0.2) is 0 Å². The number of hydrogen-bond acceptors (Lipinski definition) is 2. The lowest BCUT2D eigenvalue weighted by Crippen LogP contribution is -2.38. The predicted molar refractivity (Wildman–Crippen MR) is 71.6 cm³/mol. The molecule has 0 aromatic heterocycles. The molecule has 5 nitrogen and oxygen atoms in total. The lowest BCUT2D eigenvalue weighted by Gasteiger charge is -2.05. The van der Waals surface area contributed by atoms with Crippen LogP contribution in [0.4, 0.5) is 4.79 Å². The van der Waals surface area contributed by atoms with E-state index in [0.29, 0.717) is 6.54 Å². The topological polar surface area (TPSA) is 78.4 Å². The highest BCUT2D eigenvalue weighted by Crippen LogP contribution is 2.07. The Morgan fingerprint density at radius 2 is 1.44 bits per heavy atom. The maximum Gasteiger partial charge on any atom is 0.323 e. The first-order valence-electron chi connectivity index (χ1n) is 6.90. The molecular weight excluding hydrogens is 232 g/mol. The fraction of sp³-hybridized carbons (Fsp3) is 0.846. The summed E-state index contributed by atoms with van der Waals surface area (Å²) in [4.78, 5) is 21.3. The lowest BCUT2D eigenvalue weighted by atomic mass is 10.1. The third-order valence-electron chi connectivity index (χ3n) is 2.72. The number of carboxylic acid groups (broad SMARTS) is 1. The van der Waals surface area contributed by atoms with Gasteiger partial charge in [0, 0.05) is 6.54 Å². The van der Waals surface area contributed by atoms with Crippen LogP contribution in [0.25, 0.3) is 0 Å². The maximum atomic E-state index is 11.1. The van der Waals surface area contributed by atoms with Gasteiger partial charge in [0.15, 0.2) is 0 Å². The molecule has 0 aromatic rings. The number of amides is 2. The third-order valence-corrected chi connectivity index (χ3v) is 2.72. The molecule has 0 bridgehead atoms. The van der Waals surface area contributed by atoms with E-state index in [4.69, 9.17) is 5.11 Å². The van der Waals surface area contributed by atoms with Crippen molar-refractivity contribution in [1.82, 2.24) is 10.6 Å². The fourth-order valence-electron chi connectivity index (χ4n) is 1.68. The van der Waals surface area contributed by atoms with E-state index in [9.17, 15) is 9.59 Å². The molecule has 2 amide bonds. The summed E-state index contributed by atoms with van der Waals surface area (Å²) in [5, 5.41) is 13.2. The molecule has 5 heteroatoms. The number of carboxylic acids is 1. The van der Waals surface area contributed by atoms with Crippen LogP contribution in [0.3, 0.4) is 0 Å². The SMILES string of the molecule is CCCCCCCCCCNC(=O)NCC(=O)O. The average Bonchev–Trinajstić information content (AvgIpc) is 2.34. The summed E-state index contributed by atoms with van der Waals surface area (Å²) in [6.45, 7) is 2.49. The normalized spacial score (nSPS) is 10.1. The van der Waals surface area contributed by atoms with Crippen molar-refractivity contribution in [3.63, 3.8) is 0 Å². The summed E-state index contributed by atoms with van der Waals surface area (Å²) in [6, 6.07) is -0.402. The van der Waals surface area contributed by atoms with Crippen LogP contribution >= 0.6 is 0 Å². The molecule has 0 unspecified atom stereocenters. The first kappa shape index (κ1) is 16.7. The number of aliphatic carboxylic acids is 1. The second kappa shape index (κ2) is 12.2. The highest BCUT2D eigenvalue weighted by atomic mass is 16.4. The van der Waals surface area contributed by atoms with Gasteiger partial charge < -0.3 is 15.7 Å². The molecule has 0 rings (SSSR count). The van der Waals surface area contributed by atoms with Crippen molar-refractivity contribution in [1.29, 1.82) is 0 Å². The van der Waals surface area contributed by atoms with E-state index in [2.05, 4.69) is 17.6 Å². The highest BCUT2D eigenvalue weighted by molar-refractivity contribution is 5.79. The van der Waals surface area contributed by atoms with E-state index in [1.807, 2.05) is 0 Å². The van der Waals surface area contributed by atoms with E-state index in [-0.39, 0.29) is 6.54 Å². The minimum atomic E-state index is -1.03. The number of urea groups is 1. The number of carbonyl (C=O) groups is 2. The standard InChI is InChI=1S/C13H26N2O3/c1-2-3-4-5-6-7-8-9-10-14-13(18)15-11-12(16)17/h2-11H2,1H3,(H,16,17)(H2,14,15,18). The minimum absolute atomic E-state index is 0.330. The second-order valence-corrected chi connectivity index (χ2v) is 4.48. The number of hydrogen-bond donors (Lipinski definition) is 3. The molecule has 0 fully saturated rings. The first-order valence-corrected chi connectivity index (χ1v) is 6.90. The number of nitrogens with one attached hydrogen (secondary N) is 2. The van der Waals surface area contributed by atoms with Crippen molar-refractivity contribution in [3.05, 3.63) is 0 Å². The Bertz CT molecular complexity index is 232. The average molecular weight is 258 g/mol. The Morgan fingerprint density at radius 3 is 2.00 bits per heavy atom. The summed E-state index contributed by atoms with van der Waals surface area (Å²) in [6.07, 6.45) is 9.78. The van der Waals surface area contributed by atoms with Crippen molar-refractivity contribution >= 4 is 12.0 Å². The summed E-state index contributed by atoms with van der Waals surface area (Å²) >= 11 is 0. The summed E-state index contributed by atoms with van der Waals surface area (Å²) in [5.74, 6) is -1.03. The zero-order valence-electron chi connectivity index (χ0n) is 11.3. The maximum absolute atomic E-state index is 11.1.